The molecule has 0 bridgehead atoms. The van der Waals surface area contributed by atoms with E-state index in [0.29, 0.717) is 27.5 Å². The zero-order valence-corrected chi connectivity index (χ0v) is 19.0. The number of hydrogen-bond donors (Lipinski definition) is 0. The van der Waals surface area contributed by atoms with Crippen molar-refractivity contribution in [2.75, 3.05) is 11.5 Å². The third-order valence-electron chi connectivity index (χ3n) is 4.07. The maximum Gasteiger partial charge on any atom is 0.420 e. The zero-order valence-electron chi connectivity index (χ0n) is 18.2. The number of aromatic nitrogens is 3. The summed E-state index contributed by atoms with van der Waals surface area (Å²) in [5, 5.41) is 0.455. The molecule has 166 valence electrons. The first-order valence-corrected chi connectivity index (χ1v) is 10.3. The molecule has 3 aromatic rings. The molecule has 2 heterocycles. The van der Waals surface area contributed by atoms with E-state index in [4.69, 9.17) is 21.1 Å². The predicted molar refractivity (Wildman–Crippen MR) is 121 cm³/mol. The lowest BCUT2D eigenvalue weighted by atomic mass is 10.1. The van der Waals surface area contributed by atoms with E-state index in [0.717, 1.165) is 0 Å². The lowest BCUT2D eigenvalue weighted by Gasteiger charge is -2.27. The Morgan fingerprint density at radius 3 is 2.56 bits per heavy atom. The highest BCUT2D eigenvalue weighted by Gasteiger charge is 2.26. The summed E-state index contributed by atoms with van der Waals surface area (Å²) in [6.45, 7) is 7.31. The highest BCUT2D eigenvalue weighted by Crippen LogP contribution is 2.30. The molecule has 2 aromatic heterocycles. The van der Waals surface area contributed by atoms with Crippen molar-refractivity contribution >= 4 is 35.2 Å². The third-order valence-corrected chi connectivity index (χ3v) is 4.30. The number of hydrogen-bond acceptors (Lipinski definition) is 7. The first-order chi connectivity index (χ1) is 15.2. The van der Waals surface area contributed by atoms with Crippen molar-refractivity contribution in [3.63, 3.8) is 0 Å². The quantitative estimate of drug-likeness (QED) is 0.473. The highest BCUT2D eigenvalue weighted by atomic mass is 35.5. The van der Waals surface area contributed by atoms with Gasteiger partial charge in [-0.05, 0) is 52.0 Å². The normalized spacial score (nSPS) is 11.0. The summed E-state index contributed by atoms with van der Waals surface area (Å²) >= 11 is 6.15. The number of pyridine rings is 1. The second kappa shape index (κ2) is 9.74. The summed E-state index contributed by atoms with van der Waals surface area (Å²) < 4.78 is 10.6. The van der Waals surface area contributed by atoms with Gasteiger partial charge in [0.25, 0.3) is 0 Å². The van der Waals surface area contributed by atoms with E-state index in [1.165, 1.54) is 17.4 Å². The van der Waals surface area contributed by atoms with Gasteiger partial charge in [-0.15, -0.1) is 0 Å². The van der Waals surface area contributed by atoms with Crippen LogP contribution in [0, 0.1) is 0 Å². The summed E-state index contributed by atoms with van der Waals surface area (Å²) in [4.78, 5) is 39.1. The molecule has 0 unspecified atom stereocenters. The summed E-state index contributed by atoms with van der Waals surface area (Å²) in [5.74, 6) is -0.210. The maximum absolute atomic E-state index is 13.1. The Kier molecular flexibility index (Phi) is 7.05. The Morgan fingerprint density at radius 1 is 1.09 bits per heavy atom. The number of nitrogens with zero attached hydrogens (tertiary/aromatic N) is 4. The molecule has 9 heteroatoms. The molecule has 1 aromatic carbocycles. The third kappa shape index (κ3) is 5.79. The summed E-state index contributed by atoms with van der Waals surface area (Å²) in [6.07, 6.45) is 3.68. The summed E-state index contributed by atoms with van der Waals surface area (Å²) in [7, 11) is 0. The largest absolute Gasteiger partial charge is 0.462 e. The van der Waals surface area contributed by atoms with Crippen molar-refractivity contribution in [1.29, 1.82) is 0 Å². The number of ether oxygens (including phenoxy) is 2. The van der Waals surface area contributed by atoms with Gasteiger partial charge in [0.15, 0.2) is 0 Å². The van der Waals surface area contributed by atoms with Crippen molar-refractivity contribution < 1.29 is 19.1 Å². The monoisotopic (exact) mass is 454 g/mol. The van der Waals surface area contributed by atoms with Gasteiger partial charge in [0, 0.05) is 29.0 Å². The first-order valence-electron chi connectivity index (χ1n) is 9.91. The van der Waals surface area contributed by atoms with E-state index in [2.05, 4.69) is 15.0 Å². The molecule has 32 heavy (non-hydrogen) atoms. The van der Waals surface area contributed by atoms with Crippen LogP contribution in [0.15, 0.2) is 55.1 Å². The lowest BCUT2D eigenvalue weighted by Crippen LogP contribution is -2.34. The Labute approximate surface area is 191 Å². The van der Waals surface area contributed by atoms with Crippen molar-refractivity contribution in [2.24, 2.45) is 0 Å². The van der Waals surface area contributed by atoms with Crippen LogP contribution < -0.4 is 4.90 Å². The van der Waals surface area contributed by atoms with Gasteiger partial charge in [0.2, 0.25) is 0 Å². The average molecular weight is 455 g/mol. The molecule has 0 saturated carbocycles. The van der Waals surface area contributed by atoms with E-state index >= 15 is 0 Å². The Hall–Kier alpha value is -3.52. The van der Waals surface area contributed by atoms with E-state index in [9.17, 15) is 9.59 Å². The second-order valence-corrected chi connectivity index (χ2v) is 8.18. The van der Waals surface area contributed by atoms with Gasteiger partial charge >= 0.3 is 12.1 Å². The first kappa shape index (κ1) is 23.1. The number of amides is 1. The molecule has 0 aliphatic rings. The van der Waals surface area contributed by atoms with E-state index < -0.39 is 17.7 Å². The van der Waals surface area contributed by atoms with Crippen LogP contribution in [0.25, 0.3) is 11.3 Å². The van der Waals surface area contributed by atoms with Crippen molar-refractivity contribution in [3.8, 4) is 11.3 Å². The van der Waals surface area contributed by atoms with Crippen molar-refractivity contribution in [3.05, 3.63) is 65.7 Å². The van der Waals surface area contributed by atoms with Gasteiger partial charge in [0.1, 0.15) is 17.7 Å². The standard InChI is InChI=1S/C23H23ClN4O4/c1-5-31-21(29)16-9-15(12-25-13-16)19-11-20(27-14-26-19)28(22(30)32-23(2,3)4)18-8-6-7-17(24)10-18/h6-14H,5H2,1-4H3. The predicted octanol–water partition coefficient (Wildman–Crippen LogP) is 5.44. The highest BCUT2D eigenvalue weighted by molar-refractivity contribution is 6.31. The minimum absolute atomic E-state index is 0.255. The van der Waals surface area contributed by atoms with Crippen LogP contribution in [-0.2, 0) is 9.47 Å². The summed E-state index contributed by atoms with van der Waals surface area (Å²) in [5.41, 5.74) is 1.08. The molecule has 0 aliphatic heterocycles. The molecule has 0 spiro atoms. The fourth-order valence-electron chi connectivity index (χ4n) is 2.79. The van der Waals surface area contributed by atoms with Crippen LogP contribution in [0.3, 0.4) is 0 Å². The molecule has 0 fully saturated rings. The van der Waals surface area contributed by atoms with Gasteiger partial charge in [0.05, 0.1) is 23.6 Å². The van der Waals surface area contributed by atoms with Gasteiger partial charge in [-0.1, -0.05) is 17.7 Å². The molecule has 0 aliphatic carbocycles. The fraction of sp³-hybridized carbons (Fsp3) is 0.261. The number of anilines is 2. The van der Waals surface area contributed by atoms with Gasteiger partial charge < -0.3 is 9.47 Å². The molecule has 1 amide bonds. The van der Waals surface area contributed by atoms with Crippen LogP contribution in [-0.4, -0.2) is 39.2 Å². The minimum Gasteiger partial charge on any atom is -0.462 e. The molecule has 0 radical (unpaired) electrons. The molecule has 0 atom stereocenters. The molecule has 0 N–H and O–H groups in total. The van der Waals surface area contributed by atoms with Crippen LogP contribution in [0.1, 0.15) is 38.1 Å². The molecule has 3 rings (SSSR count). The van der Waals surface area contributed by atoms with E-state index in [-0.39, 0.29) is 12.4 Å². The van der Waals surface area contributed by atoms with Crippen LogP contribution in [0.4, 0.5) is 16.3 Å². The van der Waals surface area contributed by atoms with Gasteiger partial charge in [-0.2, -0.15) is 0 Å². The average Bonchev–Trinajstić information content (AvgIpc) is 2.73. The van der Waals surface area contributed by atoms with E-state index in [1.807, 2.05) is 0 Å². The van der Waals surface area contributed by atoms with Gasteiger partial charge in [-0.25, -0.2) is 24.5 Å². The van der Waals surface area contributed by atoms with Crippen molar-refractivity contribution in [2.45, 2.75) is 33.3 Å². The second-order valence-electron chi connectivity index (χ2n) is 7.74. The van der Waals surface area contributed by atoms with Crippen LogP contribution in [0.5, 0.6) is 0 Å². The zero-order chi connectivity index (χ0) is 23.3. The fourth-order valence-corrected chi connectivity index (χ4v) is 2.97. The number of halogens is 1. The number of carbonyl (C=O) groups excluding carboxylic acids is 2. The molecule has 0 saturated heterocycles. The van der Waals surface area contributed by atoms with Gasteiger partial charge in [-0.3, -0.25) is 4.98 Å². The molecular formula is C23H23ClN4O4. The number of carbonyl (C=O) groups is 2. The van der Waals surface area contributed by atoms with Crippen LogP contribution in [0.2, 0.25) is 5.02 Å². The van der Waals surface area contributed by atoms with E-state index in [1.54, 1.807) is 70.3 Å². The minimum atomic E-state index is -0.721. The maximum atomic E-state index is 13.1. The van der Waals surface area contributed by atoms with Crippen molar-refractivity contribution in [1.82, 2.24) is 15.0 Å². The SMILES string of the molecule is CCOC(=O)c1cncc(-c2cc(N(C(=O)OC(C)(C)C)c3cccc(Cl)c3)ncn2)c1. The smallest absolute Gasteiger partial charge is 0.420 e. The topological polar surface area (TPSA) is 94.5 Å². The van der Waals surface area contributed by atoms with Crippen LogP contribution >= 0.6 is 11.6 Å². The Bertz CT molecular complexity index is 1130. The molecule has 8 nitrogen and oxygen atoms in total. The molecular weight excluding hydrogens is 432 g/mol. The number of benzene rings is 1. The number of esters is 1. The Balaban J connectivity index is 2.04. The number of rotatable bonds is 5. The Morgan fingerprint density at radius 2 is 1.88 bits per heavy atom. The summed E-state index contributed by atoms with van der Waals surface area (Å²) in [6, 6.07) is 10.0. The lowest BCUT2D eigenvalue weighted by molar-refractivity contribution is 0.0524.